The number of benzene rings is 2. The Labute approximate surface area is 178 Å². The summed E-state index contributed by atoms with van der Waals surface area (Å²) in [5, 5.41) is 2.42. The molecule has 1 spiro atoms. The SMILES string of the molecule is COC(=O)Nc1ccc(C2(C(=O)N3CCC4(C3)OC(=O)c3ccccc34)CC2)c(F)c1. The highest BCUT2D eigenvalue weighted by Crippen LogP contribution is 2.52. The van der Waals surface area contributed by atoms with Gasteiger partial charge in [0.1, 0.15) is 5.82 Å². The fraction of sp³-hybridized carbons (Fsp3) is 0.348. The minimum absolute atomic E-state index is 0.155. The third-order valence-corrected chi connectivity index (χ3v) is 6.52. The summed E-state index contributed by atoms with van der Waals surface area (Å²) in [6, 6.07) is 11.5. The van der Waals surface area contributed by atoms with Gasteiger partial charge in [-0.05, 0) is 31.0 Å². The smallest absolute Gasteiger partial charge is 0.411 e. The number of nitrogens with zero attached hydrogens (tertiary/aromatic N) is 1. The van der Waals surface area contributed by atoms with Crippen LogP contribution >= 0.6 is 0 Å². The summed E-state index contributed by atoms with van der Waals surface area (Å²) in [6.07, 6.45) is 0.916. The molecule has 2 aromatic carbocycles. The van der Waals surface area contributed by atoms with Gasteiger partial charge in [-0.2, -0.15) is 0 Å². The van der Waals surface area contributed by atoms with E-state index in [0.29, 0.717) is 36.9 Å². The number of rotatable bonds is 3. The lowest BCUT2D eigenvalue weighted by Crippen LogP contribution is -2.40. The van der Waals surface area contributed by atoms with Crippen LogP contribution < -0.4 is 5.32 Å². The molecule has 0 bridgehead atoms. The number of halogens is 1. The Morgan fingerprint density at radius 1 is 1.13 bits per heavy atom. The minimum atomic E-state index is -0.915. The van der Waals surface area contributed by atoms with E-state index in [0.717, 1.165) is 5.56 Å². The van der Waals surface area contributed by atoms with E-state index in [1.807, 2.05) is 12.1 Å². The van der Waals surface area contributed by atoms with E-state index in [9.17, 15) is 18.8 Å². The maximum Gasteiger partial charge on any atom is 0.411 e. The molecule has 1 N–H and O–H groups in total. The zero-order chi connectivity index (χ0) is 21.8. The summed E-state index contributed by atoms with van der Waals surface area (Å²) in [6.45, 7) is 0.700. The van der Waals surface area contributed by atoms with E-state index < -0.39 is 22.9 Å². The number of methoxy groups -OCH3 is 1. The van der Waals surface area contributed by atoms with E-state index in [4.69, 9.17) is 4.74 Å². The number of ether oxygens (including phenoxy) is 2. The molecule has 1 saturated heterocycles. The Morgan fingerprint density at radius 2 is 1.90 bits per heavy atom. The highest BCUT2D eigenvalue weighted by molar-refractivity contribution is 5.96. The second kappa shape index (κ2) is 6.80. The second-order valence-electron chi connectivity index (χ2n) is 8.30. The Kier molecular flexibility index (Phi) is 4.28. The van der Waals surface area contributed by atoms with Crippen molar-refractivity contribution in [1.82, 2.24) is 4.90 Å². The summed E-state index contributed by atoms with van der Waals surface area (Å²) < 4.78 is 25.1. The van der Waals surface area contributed by atoms with Gasteiger partial charge in [-0.15, -0.1) is 0 Å². The van der Waals surface area contributed by atoms with Gasteiger partial charge in [0.2, 0.25) is 5.91 Å². The van der Waals surface area contributed by atoms with Gasteiger partial charge in [0.05, 0.1) is 24.6 Å². The Bertz CT molecular complexity index is 1110. The Balaban J connectivity index is 1.38. The fourth-order valence-corrected chi connectivity index (χ4v) is 4.78. The van der Waals surface area contributed by atoms with Gasteiger partial charge in [0.15, 0.2) is 5.60 Å². The van der Waals surface area contributed by atoms with Crippen LogP contribution in [0, 0.1) is 5.82 Å². The van der Waals surface area contributed by atoms with Crippen molar-refractivity contribution in [3.8, 4) is 0 Å². The summed E-state index contributed by atoms with van der Waals surface area (Å²) in [5.74, 6) is -1.07. The number of carbonyl (C=O) groups excluding carboxylic acids is 3. The van der Waals surface area contributed by atoms with Crippen molar-refractivity contribution < 1.29 is 28.2 Å². The Hall–Kier alpha value is -3.42. The van der Waals surface area contributed by atoms with E-state index >= 15 is 0 Å². The molecule has 2 heterocycles. The molecule has 1 atom stereocenters. The predicted octanol–water partition coefficient (Wildman–Crippen LogP) is 3.33. The monoisotopic (exact) mass is 424 g/mol. The number of hydrogen-bond acceptors (Lipinski definition) is 5. The van der Waals surface area contributed by atoms with Crippen molar-refractivity contribution in [3.63, 3.8) is 0 Å². The number of esters is 1. The maximum absolute atomic E-state index is 14.9. The van der Waals surface area contributed by atoms with Gasteiger partial charge in [0.25, 0.3) is 0 Å². The molecule has 1 unspecified atom stereocenters. The molecule has 1 aliphatic carbocycles. The second-order valence-corrected chi connectivity index (χ2v) is 8.30. The molecule has 1 saturated carbocycles. The zero-order valence-corrected chi connectivity index (χ0v) is 16.9. The number of anilines is 1. The van der Waals surface area contributed by atoms with Crippen LogP contribution in [0.3, 0.4) is 0 Å². The molecule has 8 heteroatoms. The van der Waals surface area contributed by atoms with Gasteiger partial charge in [0, 0.05) is 29.8 Å². The summed E-state index contributed by atoms with van der Waals surface area (Å²) >= 11 is 0. The lowest BCUT2D eigenvalue weighted by atomic mass is 9.91. The number of carbonyl (C=O) groups is 3. The molecule has 160 valence electrons. The number of amides is 2. The van der Waals surface area contributed by atoms with Crippen LogP contribution in [-0.4, -0.2) is 43.1 Å². The van der Waals surface area contributed by atoms with Gasteiger partial charge in [-0.1, -0.05) is 24.3 Å². The lowest BCUT2D eigenvalue weighted by Gasteiger charge is -2.27. The highest BCUT2D eigenvalue weighted by atomic mass is 19.1. The first-order valence-electron chi connectivity index (χ1n) is 10.2. The van der Waals surface area contributed by atoms with Gasteiger partial charge < -0.3 is 14.4 Å². The molecule has 2 aliphatic heterocycles. The van der Waals surface area contributed by atoms with Crippen molar-refractivity contribution in [2.24, 2.45) is 0 Å². The first-order chi connectivity index (χ1) is 14.9. The van der Waals surface area contributed by atoms with Crippen molar-refractivity contribution in [3.05, 3.63) is 65.0 Å². The first kappa shape index (κ1) is 19.5. The molecule has 5 rings (SSSR count). The summed E-state index contributed by atoms with van der Waals surface area (Å²) in [5.41, 5.74) is 0.180. The first-order valence-corrected chi connectivity index (χ1v) is 10.2. The third kappa shape index (κ3) is 2.97. The molecular weight excluding hydrogens is 403 g/mol. The van der Waals surface area contributed by atoms with E-state index in [2.05, 4.69) is 10.1 Å². The highest BCUT2D eigenvalue weighted by Gasteiger charge is 2.58. The lowest BCUT2D eigenvalue weighted by molar-refractivity contribution is -0.134. The van der Waals surface area contributed by atoms with Crippen LogP contribution in [0.1, 0.15) is 40.7 Å². The van der Waals surface area contributed by atoms with Crippen LogP contribution in [0.15, 0.2) is 42.5 Å². The Morgan fingerprint density at radius 3 is 2.61 bits per heavy atom. The van der Waals surface area contributed by atoms with Crippen LogP contribution in [0.25, 0.3) is 0 Å². The van der Waals surface area contributed by atoms with E-state index in [1.165, 1.54) is 13.2 Å². The molecule has 2 aromatic rings. The van der Waals surface area contributed by atoms with E-state index in [-0.39, 0.29) is 24.1 Å². The maximum atomic E-state index is 14.9. The quantitative estimate of drug-likeness (QED) is 0.764. The largest absolute Gasteiger partial charge is 0.453 e. The topological polar surface area (TPSA) is 84.9 Å². The molecular formula is C23H21FN2O5. The van der Waals surface area contributed by atoms with Gasteiger partial charge >= 0.3 is 12.1 Å². The van der Waals surface area contributed by atoms with Crippen molar-refractivity contribution in [2.45, 2.75) is 30.3 Å². The predicted molar refractivity (Wildman–Crippen MR) is 108 cm³/mol. The number of hydrogen-bond donors (Lipinski definition) is 1. The van der Waals surface area contributed by atoms with Crippen molar-refractivity contribution in [1.29, 1.82) is 0 Å². The average molecular weight is 424 g/mol. The molecule has 31 heavy (non-hydrogen) atoms. The molecule has 0 aromatic heterocycles. The van der Waals surface area contributed by atoms with Crippen molar-refractivity contribution >= 4 is 23.7 Å². The molecule has 7 nitrogen and oxygen atoms in total. The number of fused-ring (bicyclic) bond motifs is 2. The minimum Gasteiger partial charge on any atom is -0.453 e. The summed E-state index contributed by atoms with van der Waals surface area (Å²) in [7, 11) is 1.22. The normalized spacial score (nSPS) is 22.8. The van der Waals surface area contributed by atoms with Crippen LogP contribution in [0.2, 0.25) is 0 Å². The number of nitrogens with one attached hydrogen (secondary N) is 1. The average Bonchev–Trinajstić information content (AvgIpc) is 3.38. The molecule has 3 aliphatic rings. The van der Waals surface area contributed by atoms with E-state index in [1.54, 1.807) is 29.2 Å². The van der Waals surface area contributed by atoms with Crippen LogP contribution in [0.4, 0.5) is 14.9 Å². The van der Waals surface area contributed by atoms with Crippen LogP contribution in [-0.2, 0) is 25.3 Å². The third-order valence-electron chi connectivity index (χ3n) is 6.52. The standard InChI is InChI=1S/C23H21FN2O5/c1-30-21(29)25-14-6-7-17(18(24)12-14)22(8-9-22)20(28)26-11-10-23(13-26)16-5-3-2-4-15(16)19(27)31-23/h2-7,12H,8-11,13H2,1H3,(H,25,29). The molecule has 2 fully saturated rings. The number of likely N-dealkylation sites (tertiary alicyclic amines) is 1. The summed E-state index contributed by atoms with van der Waals surface area (Å²) in [4.78, 5) is 38.8. The fourth-order valence-electron chi connectivity index (χ4n) is 4.78. The zero-order valence-electron chi connectivity index (χ0n) is 16.9. The molecule has 2 amide bonds. The van der Waals surface area contributed by atoms with Gasteiger partial charge in [-0.3, -0.25) is 10.1 Å². The molecule has 0 radical (unpaired) electrons. The van der Waals surface area contributed by atoms with Crippen LogP contribution in [0.5, 0.6) is 0 Å². The van der Waals surface area contributed by atoms with Gasteiger partial charge in [-0.25, -0.2) is 14.0 Å². The van der Waals surface area contributed by atoms with Crippen molar-refractivity contribution in [2.75, 3.05) is 25.5 Å².